The number of piperazine rings is 1. The van der Waals surface area contributed by atoms with Gasteiger partial charge >= 0.3 is 6.09 Å². The lowest BCUT2D eigenvalue weighted by Crippen LogP contribution is -2.49. The van der Waals surface area contributed by atoms with Gasteiger partial charge in [0.2, 0.25) is 5.95 Å². The largest absolute Gasteiger partial charge is 0.465 e. The molecule has 1 aliphatic rings. The van der Waals surface area contributed by atoms with E-state index >= 15 is 0 Å². The predicted octanol–water partition coefficient (Wildman–Crippen LogP) is 2.93. The molecule has 2 aromatic heterocycles. The normalized spacial score (nSPS) is 14.8. The van der Waals surface area contributed by atoms with Crippen LogP contribution in [0.4, 0.5) is 10.7 Å². The van der Waals surface area contributed by atoms with Gasteiger partial charge in [-0.3, -0.25) is 0 Å². The molecule has 0 atom stereocenters. The summed E-state index contributed by atoms with van der Waals surface area (Å²) in [6, 6.07) is 11.9. The summed E-state index contributed by atoms with van der Waals surface area (Å²) < 4.78 is 2.07. The first-order chi connectivity index (χ1) is 12.6. The third kappa shape index (κ3) is 3.06. The SMILES string of the molecule is O=C(O)N1CCN(c2nc3ccnc(Cl)c3n2Cc2ccccc2)CC1. The summed E-state index contributed by atoms with van der Waals surface area (Å²) >= 11 is 6.37. The molecule has 0 bridgehead atoms. The van der Waals surface area contributed by atoms with Crippen molar-refractivity contribution in [3.05, 3.63) is 53.3 Å². The second kappa shape index (κ2) is 6.84. The second-order valence-electron chi connectivity index (χ2n) is 6.21. The minimum absolute atomic E-state index is 0.418. The molecule has 7 nitrogen and oxygen atoms in total. The van der Waals surface area contributed by atoms with E-state index in [0.29, 0.717) is 37.9 Å². The average Bonchev–Trinajstić information content (AvgIpc) is 3.02. The minimum Gasteiger partial charge on any atom is -0.465 e. The van der Waals surface area contributed by atoms with Crippen LogP contribution in [-0.4, -0.2) is 56.8 Å². The summed E-state index contributed by atoms with van der Waals surface area (Å²) in [5.41, 5.74) is 2.72. The van der Waals surface area contributed by atoms with Gasteiger partial charge in [0.15, 0.2) is 5.15 Å². The minimum atomic E-state index is -0.880. The number of imidazole rings is 1. The van der Waals surface area contributed by atoms with E-state index in [-0.39, 0.29) is 0 Å². The van der Waals surface area contributed by atoms with Crippen molar-refractivity contribution in [2.75, 3.05) is 31.1 Å². The molecule has 0 saturated carbocycles. The highest BCUT2D eigenvalue weighted by atomic mass is 35.5. The fourth-order valence-corrected chi connectivity index (χ4v) is 3.54. The summed E-state index contributed by atoms with van der Waals surface area (Å²) in [6.07, 6.45) is 0.770. The molecule has 8 heteroatoms. The highest BCUT2D eigenvalue weighted by molar-refractivity contribution is 6.33. The van der Waals surface area contributed by atoms with Crippen LogP contribution in [-0.2, 0) is 6.54 Å². The van der Waals surface area contributed by atoms with Gasteiger partial charge in [0.1, 0.15) is 5.52 Å². The van der Waals surface area contributed by atoms with Crippen LogP contribution < -0.4 is 4.90 Å². The molecule has 4 rings (SSSR count). The number of benzene rings is 1. The first kappa shape index (κ1) is 16.7. The van der Waals surface area contributed by atoms with E-state index in [0.717, 1.165) is 22.5 Å². The van der Waals surface area contributed by atoms with Crippen molar-refractivity contribution < 1.29 is 9.90 Å². The molecular formula is C18H18ClN5O2. The van der Waals surface area contributed by atoms with Crippen LogP contribution >= 0.6 is 11.6 Å². The zero-order valence-electron chi connectivity index (χ0n) is 14.0. The summed E-state index contributed by atoms with van der Waals surface area (Å²) in [4.78, 5) is 23.7. The maximum absolute atomic E-state index is 11.2. The highest BCUT2D eigenvalue weighted by Gasteiger charge is 2.25. The van der Waals surface area contributed by atoms with Crippen molar-refractivity contribution in [2.45, 2.75) is 6.54 Å². The molecule has 1 saturated heterocycles. The zero-order chi connectivity index (χ0) is 18.1. The monoisotopic (exact) mass is 371 g/mol. The van der Waals surface area contributed by atoms with Crippen LogP contribution in [0.2, 0.25) is 5.15 Å². The summed E-state index contributed by atoms with van der Waals surface area (Å²) in [5, 5.41) is 9.57. The molecule has 1 amide bonds. The van der Waals surface area contributed by atoms with E-state index < -0.39 is 6.09 Å². The molecule has 0 radical (unpaired) electrons. The molecule has 1 fully saturated rings. The van der Waals surface area contributed by atoms with Gasteiger partial charge in [0, 0.05) is 32.4 Å². The quantitative estimate of drug-likeness (QED) is 0.716. The predicted molar refractivity (Wildman–Crippen MR) is 99.9 cm³/mol. The first-order valence-corrected chi connectivity index (χ1v) is 8.79. The van der Waals surface area contributed by atoms with Crippen LogP contribution in [0.5, 0.6) is 0 Å². The average molecular weight is 372 g/mol. The van der Waals surface area contributed by atoms with Crippen LogP contribution in [0.3, 0.4) is 0 Å². The van der Waals surface area contributed by atoms with E-state index in [9.17, 15) is 4.79 Å². The number of halogens is 1. The number of fused-ring (bicyclic) bond motifs is 1. The first-order valence-electron chi connectivity index (χ1n) is 8.41. The number of hydrogen-bond acceptors (Lipinski definition) is 4. The highest BCUT2D eigenvalue weighted by Crippen LogP contribution is 2.28. The van der Waals surface area contributed by atoms with E-state index in [4.69, 9.17) is 21.7 Å². The Hall–Kier alpha value is -2.80. The van der Waals surface area contributed by atoms with Crippen LogP contribution in [0.1, 0.15) is 5.56 Å². The number of amides is 1. The number of carbonyl (C=O) groups is 1. The van der Waals surface area contributed by atoms with Gasteiger partial charge < -0.3 is 19.5 Å². The maximum Gasteiger partial charge on any atom is 0.407 e. The van der Waals surface area contributed by atoms with Crippen molar-refractivity contribution >= 4 is 34.7 Å². The van der Waals surface area contributed by atoms with E-state index in [1.807, 2.05) is 24.3 Å². The lowest BCUT2D eigenvalue weighted by Gasteiger charge is -2.34. The topological polar surface area (TPSA) is 74.5 Å². The Morgan fingerprint density at radius 3 is 2.54 bits per heavy atom. The molecule has 134 valence electrons. The zero-order valence-corrected chi connectivity index (χ0v) is 14.8. The molecule has 1 aliphatic heterocycles. The summed E-state index contributed by atoms with van der Waals surface area (Å²) in [6.45, 7) is 2.72. The van der Waals surface area contributed by atoms with Crippen molar-refractivity contribution in [1.29, 1.82) is 0 Å². The number of carboxylic acid groups (broad SMARTS) is 1. The van der Waals surface area contributed by atoms with Gasteiger partial charge in [0.05, 0.1) is 12.1 Å². The van der Waals surface area contributed by atoms with Gasteiger partial charge in [-0.15, -0.1) is 0 Å². The Bertz CT molecular complexity index is 935. The molecule has 0 spiro atoms. The Morgan fingerprint density at radius 2 is 1.85 bits per heavy atom. The Morgan fingerprint density at radius 1 is 1.12 bits per heavy atom. The number of pyridine rings is 1. The Balaban J connectivity index is 1.73. The van der Waals surface area contributed by atoms with Crippen molar-refractivity contribution in [3.8, 4) is 0 Å². The lowest BCUT2D eigenvalue weighted by molar-refractivity contribution is 0.142. The van der Waals surface area contributed by atoms with Crippen molar-refractivity contribution in [3.63, 3.8) is 0 Å². The number of hydrogen-bond donors (Lipinski definition) is 1. The Kier molecular flexibility index (Phi) is 4.38. The third-order valence-electron chi connectivity index (χ3n) is 4.61. The molecular weight excluding hydrogens is 354 g/mol. The fraction of sp³-hybridized carbons (Fsp3) is 0.278. The number of nitrogens with zero attached hydrogens (tertiary/aromatic N) is 5. The van der Waals surface area contributed by atoms with Gasteiger partial charge in [-0.25, -0.2) is 14.8 Å². The van der Waals surface area contributed by atoms with Gasteiger partial charge in [-0.2, -0.15) is 0 Å². The standard InChI is InChI=1S/C18H18ClN5O2/c19-16-15-14(6-7-20-16)21-17(22-8-10-23(11-9-22)18(25)26)24(15)12-13-4-2-1-3-5-13/h1-7H,8-12H2,(H,25,26). The van der Waals surface area contributed by atoms with Crippen molar-refractivity contribution in [1.82, 2.24) is 19.4 Å². The number of rotatable bonds is 3. The third-order valence-corrected chi connectivity index (χ3v) is 4.88. The van der Waals surface area contributed by atoms with E-state index in [2.05, 4.69) is 26.6 Å². The van der Waals surface area contributed by atoms with E-state index in [1.54, 1.807) is 6.20 Å². The maximum atomic E-state index is 11.2. The second-order valence-corrected chi connectivity index (χ2v) is 6.57. The molecule has 3 aromatic rings. The molecule has 0 aliphatic carbocycles. The molecule has 0 unspecified atom stereocenters. The fourth-order valence-electron chi connectivity index (χ4n) is 3.28. The van der Waals surface area contributed by atoms with E-state index in [1.165, 1.54) is 4.90 Å². The van der Waals surface area contributed by atoms with Crippen molar-refractivity contribution in [2.24, 2.45) is 0 Å². The molecule has 1 N–H and O–H groups in total. The van der Waals surface area contributed by atoms with Gasteiger partial charge in [-0.1, -0.05) is 41.9 Å². The molecule has 3 heterocycles. The summed E-state index contributed by atoms with van der Waals surface area (Å²) in [7, 11) is 0. The smallest absolute Gasteiger partial charge is 0.407 e. The van der Waals surface area contributed by atoms with Crippen LogP contribution in [0, 0.1) is 0 Å². The molecule has 1 aromatic carbocycles. The number of anilines is 1. The van der Waals surface area contributed by atoms with Crippen LogP contribution in [0.25, 0.3) is 11.0 Å². The summed E-state index contributed by atoms with van der Waals surface area (Å²) in [5.74, 6) is 0.795. The number of aromatic nitrogens is 3. The Labute approximate surface area is 155 Å². The van der Waals surface area contributed by atoms with Crippen LogP contribution in [0.15, 0.2) is 42.6 Å². The van der Waals surface area contributed by atoms with Gasteiger partial charge in [0.25, 0.3) is 0 Å². The lowest BCUT2D eigenvalue weighted by atomic mass is 10.2. The van der Waals surface area contributed by atoms with Gasteiger partial charge in [-0.05, 0) is 11.6 Å². The molecule has 26 heavy (non-hydrogen) atoms.